The number of carbonyl (C=O) groups is 2. The Morgan fingerprint density at radius 3 is 2.52 bits per heavy atom. The van der Waals surface area contributed by atoms with Crippen molar-refractivity contribution in [3.05, 3.63) is 29.8 Å². The van der Waals surface area contributed by atoms with Crippen molar-refractivity contribution in [2.75, 3.05) is 30.4 Å². The first-order chi connectivity index (χ1) is 10.5. The zero-order valence-corrected chi connectivity index (χ0v) is 15.5. The summed E-state index contributed by atoms with van der Waals surface area (Å²) in [7, 11) is 0. The summed E-state index contributed by atoms with van der Waals surface area (Å²) in [6.45, 7) is 5.20. The lowest BCUT2D eigenvalue weighted by atomic mass is 10.1. The molecular formula is C16H26ClN3O2S. The molecule has 1 rings (SSSR count). The van der Waals surface area contributed by atoms with Crippen LogP contribution in [0.1, 0.15) is 30.6 Å². The normalized spacial score (nSPS) is 11.3. The monoisotopic (exact) mass is 359 g/mol. The van der Waals surface area contributed by atoms with E-state index in [1.807, 2.05) is 20.1 Å². The highest BCUT2D eigenvalue weighted by Crippen LogP contribution is 2.13. The van der Waals surface area contributed by atoms with Crippen LogP contribution in [0.2, 0.25) is 0 Å². The van der Waals surface area contributed by atoms with Gasteiger partial charge in [0.15, 0.2) is 0 Å². The molecule has 0 aliphatic heterocycles. The molecule has 0 radical (unpaired) electrons. The summed E-state index contributed by atoms with van der Waals surface area (Å²) in [5.41, 5.74) is 7.01. The zero-order valence-electron chi connectivity index (χ0n) is 13.9. The molecule has 0 fully saturated rings. The van der Waals surface area contributed by atoms with Gasteiger partial charge in [0.2, 0.25) is 5.91 Å². The van der Waals surface area contributed by atoms with E-state index < -0.39 is 6.04 Å². The second kappa shape index (κ2) is 11.3. The summed E-state index contributed by atoms with van der Waals surface area (Å²) in [5.74, 6) is 0.587. The molecule has 0 aromatic heterocycles. The van der Waals surface area contributed by atoms with Crippen molar-refractivity contribution in [1.29, 1.82) is 0 Å². The Morgan fingerprint density at radius 1 is 1.30 bits per heavy atom. The Balaban J connectivity index is 0.00000484. The fourth-order valence-corrected chi connectivity index (χ4v) is 2.52. The van der Waals surface area contributed by atoms with E-state index in [0.717, 1.165) is 5.75 Å². The molecule has 1 atom stereocenters. The predicted octanol–water partition coefficient (Wildman–Crippen LogP) is 2.61. The highest BCUT2D eigenvalue weighted by molar-refractivity contribution is 7.98. The van der Waals surface area contributed by atoms with Gasteiger partial charge in [-0.2, -0.15) is 11.8 Å². The molecule has 3 N–H and O–H groups in total. The minimum Gasteiger partial charge on any atom is -0.339 e. The third-order valence-electron chi connectivity index (χ3n) is 3.40. The largest absolute Gasteiger partial charge is 0.339 e. The molecule has 0 bridgehead atoms. The fourth-order valence-electron chi connectivity index (χ4n) is 2.03. The molecule has 130 valence electrons. The van der Waals surface area contributed by atoms with E-state index in [1.165, 1.54) is 0 Å². The molecule has 5 nitrogen and oxygen atoms in total. The molecule has 0 saturated heterocycles. The average Bonchev–Trinajstić information content (AvgIpc) is 2.53. The van der Waals surface area contributed by atoms with E-state index in [-0.39, 0.29) is 24.2 Å². The highest BCUT2D eigenvalue weighted by atomic mass is 35.5. The zero-order chi connectivity index (χ0) is 16.5. The van der Waals surface area contributed by atoms with Crippen LogP contribution in [0.15, 0.2) is 24.3 Å². The second-order valence-electron chi connectivity index (χ2n) is 4.94. The minimum absolute atomic E-state index is 0. The van der Waals surface area contributed by atoms with Crippen molar-refractivity contribution < 1.29 is 9.59 Å². The van der Waals surface area contributed by atoms with Gasteiger partial charge in [0.1, 0.15) is 0 Å². The lowest BCUT2D eigenvalue weighted by Gasteiger charge is -2.19. The molecule has 7 heteroatoms. The molecule has 0 saturated carbocycles. The third kappa shape index (κ3) is 6.81. The van der Waals surface area contributed by atoms with Crippen molar-refractivity contribution in [3.63, 3.8) is 0 Å². The summed E-state index contributed by atoms with van der Waals surface area (Å²) in [6.07, 6.45) is 2.61. The Morgan fingerprint density at radius 2 is 1.96 bits per heavy atom. The summed E-state index contributed by atoms with van der Waals surface area (Å²) >= 11 is 1.66. The summed E-state index contributed by atoms with van der Waals surface area (Å²) in [6, 6.07) is 6.44. The van der Waals surface area contributed by atoms with Gasteiger partial charge < -0.3 is 16.0 Å². The number of benzene rings is 1. The van der Waals surface area contributed by atoms with Crippen molar-refractivity contribution in [2.24, 2.45) is 5.73 Å². The number of amides is 2. The third-order valence-corrected chi connectivity index (χ3v) is 4.04. The quantitative estimate of drug-likeness (QED) is 0.748. The fraction of sp³-hybridized carbons (Fsp3) is 0.500. The summed E-state index contributed by atoms with van der Waals surface area (Å²) in [5, 5.41) is 2.78. The van der Waals surface area contributed by atoms with Crippen molar-refractivity contribution >= 4 is 41.7 Å². The Bertz CT molecular complexity index is 510. The first-order valence-corrected chi connectivity index (χ1v) is 8.87. The molecule has 1 aromatic carbocycles. The maximum Gasteiger partial charge on any atom is 0.253 e. The predicted molar refractivity (Wildman–Crippen MR) is 101 cm³/mol. The van der Waals surface area contributed by atoms with Gasteiger partial charge in [-0.1, -0.05) is 6.07 Å². The number of halogens is 1. The number of nitrogens with zero attached hydrogens (tertiary/aromatic N) is 1. The number of rotatable bonds is 8. The van der Waals surface area contributed by atoms with Crippen LogP contribution in [0.5, 0.6) is 0 Å². The van der Waals surface area contributed by atoms with E-state index in [2.05, 4.69) is 5.32 Å². The van der Waals surface area contributed by atoms with Gasteiger partial charge in [0, 0.05) is 24.3 Å². The number of hydrogen-bond acceptors (Lipinski definition) is 4. The number of nitrogens with two attached hydrogens (primary N) is 1. The van der Waals surface area contributed by atoms with Gasteiger partial charge in [-0.3, -0.25) is 9.59 Å². The Labute approximate surface area is 148 Å². The topological polar surface area (TPSA) is 75.4 Å². The Hall–Kier alpha value is -1.24. The number of anilines is 1. The molecule has 1 aromatic rings. The van der Waals surface area contributed by atoms with E-state index in [4.69, 9.17) is 5.73 Å². The first-order valence-electron chi connectivity index (χ1n) is 7.48. The van der Waals surface area contributed by atoms with Crippen LogP contribution in [0.25, 0.3) is 0 Å². The maximum atomic E-state index is 12.3. The SMILES string of the molecule is CCN(CC)C(=O)c1cccc(NC(=O)[C@@H](N)CCSC)c1.Cl. The smallest absolute Gasteiger partial charge is 0.253 e. The standard InChI is InChI=1S/C16H25N3O2S.ClH/c1-4-19(5-2)16(21)12-7-6-8-13(11-12)18-15(20)14(17)9-10-22-3;/h6-8,11,14H,4-5,9-10,17H2,1-3H3,(H,18,20);1H/t14-;/m0./s1. The van der Waals surface area contributed by atoms with Crippen LogP contribution in [0.3, 0.4) is 0 Å². The summed E-state index contributed by atoms with van der Waals surface area (Å²) < 4.78 is 0. The van der Waals surface area contributed by atoms with Gasteiger partial charge in [-0.25, -0.2) is 0 Å². The van der Waals surface area contributed by atoms with Gasteiger partial charge in [0.25, 0.3) is 5.91 Å². The molecular weight excluding hydrogens is 334 g/mol. The maximum absolute atomic E-state index is 12.3. The molecule has 0 spiro atoms. The molecule has 0 aliphatic carbocycles. The van der Waals surface area contributed by atoms with Crippen molar-refractivity contribution in [2.45, 2.75) is 26.3 Å². The molecule has 2 amide bonds. The van der Waals surface area contributed by atoms with Gasteiger partial charge in [-0.15, -0.1) is 12.4 Å². The van der Waals surface area contributed by atoms with Crippen LogP contribution < -0.4 is 11.1 Å². The molecule has 0 aliphatic rings. The van der Waals surface area contributed by atoms with E-state index in [0.29, 0.717) is 30.8 Å². The first kappa shape index (κ1) is 21.8. The second-order valence-corrected chi connectivity index (χ2v) is 5.92. The summed E-state index contributed by atoms with van der Waals surface area (Å²) in [4.78, 5) is 26.1. The van der Waals surface area contributed by atoms with Gasteiger partial charge in [0.05, 0.1) is 6.04 Å². The van der Waals surface area contributed by atoms with Crippen molar-refractivity contribution in [3.8, 4) is 0 Å². The molecule has 23 heavy (non-hydrogen) atoms. The van der Waals surface area contributed by atoms with Gasteiger partial charge in [-0.05, 0) is 50.5 Å². The number of nitrogens with one attached hydrogen (secondary N) is 1. The van der Waals surface area contributed by atoms with Gasteiger partial charge >= 0.3 is 0 Å². The lowest BCUT2D eigenvalue weighted by Crippen LogP contribution is -2.36. The number of thioether (sulfide) groups is 1. The molecule has 0 unspecified atom stereocenters. The highest BCUT2D eigenvalue weighted by Gasteiger charge is 2.15. The van der Waals surface area contributed by atoms with Crippen LogP contribution in [-0.4, -0.2) is 47.9 Å². The molecule has 0 heterocycles. The van der Waals surface area contributed by atoms with Crippen molar-refractivity contribution in [1.82, 2.24) is 4.90 Å². The minimum atomic E-state index is -0.533. The average molecular weight is 360 g/mol. The lowest BCUT2D eigenvalue weighted by molar-refractivity contribution is -0.117. The number of hydrogen-bond donors (Lipinski definition) is 2. The van der Waals surface area contributed by atoms with Crippen LogP contribution in [0, 0.1) is 0 Å². The van der Waals surface area contributed by atoms with E-state index in [9.17, 15) is 9.59 Å². The van der Waals surface area contributed by atoms with E-state index >= 15 is 0 Å². The van der Waals surface area contributed by atoms with Crippen LogP contribution in [0.4, 0.5) is 5.69 Å². The number of carbonyl (C=O) groups excluding carboxylic acids is 2. The van der Waals surface area contributed by atoms with Crippen LogP contribution in [-0.2, 0) is 4.79 Å². The van der Waals surface area contributed by atoms with E-state index in [1.54, 1.807) is 40.9 Å². The Kier molecular flexibility index (Phi) is 10.7. The van der Waals surface area contributed by atoms with Crippen LogP contribution >= 0.6 is 24.2 Å².